The third kappa shape index (κ3) is 6.41. The molecule has 1 aliphatic carbocycles. The van der Waals surface area contributed by atoms with Crippen molar-refractivity contribution in [2.24, 2.45) is 0 Å². The Morgan fingerprint density at radius 3 is 2.60 bits per heavy atom. The Bertz CT molecular complexity index is 991. The van der Waals surface area contributed by atoms with Gasteiger partial charge in [0.2, 0.25) is 5.91 Å². The fraction of sp³-hybridized carbons (Fsp3) is 0.577. The van der Waals surface area contributed by atoms with Crippen molar-refractivity contribution < 1.29 is 19.4 Å². The number of ether oxygens (including phenoxy) is 1. The molecule has 2 fully saturated rings. The molecule has 2 aromatic rings. The molecule has 9 nitrogen and oxygen atoms in total. The van der Waals surface area contributed by atoms with Crippen LogP contribution in [0.4, 0.5) is 4.79 Å². The van der Waals surface area contributed by atoms with Gasteiger partial charge in [0, 0.05) is 25.8 Å². The van der Waals surface area contributed by atoms with Crippen molar-refractivity contribution >= 4 is 12.0 Å². The molecule has 0 spiro atoms. The van der Waals surface area contributed by atoms with Gasteiger partial charge in [-0.2, -0.15) is 0 Å². The smallest absolute Gasteiger partial charge is 0.410 e. The third-order valence-corrected chi connectivity index (χ3v) is 7.01. The van der Waals surface area contributed by atoms with Gasteiger partial charge in [-0.25, -0.2) is 9.78 Å². The van der Waals surface area contributed by atoms with E-state index in [0.29, 0.717) is 25.2 Å². The highest BCUT2D eigenvalue weighted by Gasteiger charge is 2.38. The van der Waals surface area contributed by atoms with Crippen LogP contribution in [-0.2, 0) is 21.7 Å². The Morgan fingerprint density at radius 2 is 1.91 bits per heavy atom. The summed E-state index contributed by atoms with van der Waals surface area (Å²) in [5.41, 5.74) is 0.195. The Hall–Kier alpha value is -2.91. The summed E-state index contributed by atoms with van der Waals surface area (Å²) in [6, 6.07) is 8.62. The SMILES string of the molecule is Cc1cn(CC(O)(CNC(=O)[C@H]2CN(C)CCN2C(=O)OC2CCCCC2)c2ccccc2)cn1. The second-order valence-electron chi connectivity index (χ2n) is 9.92. The van der Waals surface area contributed by atoms with E-state index in [0.717, 1.165) is 31.4 Å². The second-order valence-corrected chi connectivity index (χ2v) is 9.92. The van der Waals surface area contributed by atoms with Gasteiger partial charge in [-0.15, -0.1) is 0 Å². The lowest BCUT2D eigenvalue weighted by Gasteiger charge is -2.39. The van der Waals surface area contributed by atoms with E-state index in [9.17, 15) is 14.7 Å². The summed E-state index contributed by atoms with van der Waals surface area (Å²) < 4.78 is 7.59. The molecule has 1 saturated heterocycles. The normalized spacial score (nSPS) is 21.3. The maximum atomic E-state index is 13.4. The summed E-state index contributed by atoms with van der Waals surface area (Å²) in [6.07, 6.45) is 8.12. The summed E-state index contributed by atoms with van der Waals surface area (Å²) in [7, 11) is 1.94. The monoisotopic (exact) mass is 483 g/mol. The highest BCUT2D eigenvalue weighted by molar-refractivity contribution is 5.86. The molecule has 1 unspecified atom stereocenters. The lowest BCUT2D eigenvalue weighted by Crippen LogP contribution is -2.61. The molecule has 2 N–H and O–H groups in total. The summed E-state index contributed by atoms with van der Waals surface area (Å²) in [5.74, 6) is -0.298. The van der Waals surface area contributed by atoms with Gasteiger partial charge in [-0.05, 0) is 45.2 Å². The number of likely N-dealkylation sites (N-methyl/N-ethyl adjacent to an activating group) is 1. The van der Waals surface area contributed by atoms with Crippen molar-refractivity contribution in [2.75, 3.05) is 33.2 Å². The molecule has 1 aromatic carbocycles. The number of aryl methyl sites for hydroxylation is 1. The van der Waals surface area contributed by atoms with E-state index >= 15 is 0 Å². The summed E-state index contributed by atoms with van der Waals surface area (Å²) in [6.45, 7) is 3.64. The fourth-order valence-electron chi connectivity index (χ4n) is 4.96. The molecule has 1 saturated carbocycles. The Morgan fingerprint density at radius 1 is 1.17 bits per heavy atom. The highest BCUT2D eigenvalue weighted by atomic mass is 16.6. The van der Waals surface area contributed by atoms with E-state index in [1.807, 2.05) is 60.0 Å². The molecule has 2 heterocycles. The zero-order chi connectivity index (χ0) is 24.8. The predicted octanol–water partition coefficient (Wildman–Crippen LogP) is 2.28. The van der Waals surface area contributed by atoms with Crippen LogP contribution in [0.5, 0.6) is 0 Å². The summed E-state index contributed by atoms with van der Waals surface area (Å²) in [5, 5.41) is 14.6. The number of nitrogens with zero attached hydrogens (tertiary/aromatic N) is 4. The molecular formula is C26H37N5O4. The molecule has 0 bridgehead atoms. The molecule has 2 atom stereocenters. The first kappa shape index (κ1) is 25.2. The van der Waals surface area contributed by atoms with E-state index in [2.05, 4.69) is 10.3 Å². The molecule has 2 aliphatic rings. The average molecular weight is 484 g/mol. The highest BCUT2D eigenvalue weighted by Crippen LogP contribution is 2.24. The van der Waals surface area contributed by atoms with Crippen LogP contribution in [0, 0.1) is 6.92 Å². The van der Waals surface area contributed by atoms with Gasteiger partial charge in [0.1, 0.15) is 17.7 Å². The van der Waals surface area contributed by atoms with Crippen LogP contribution in [-0.4, -0.2) is 81.8 Å². The average Bonchev–Trinajstić information content (AvgIpc) is 3.27. The molecule has 35 heavy (non-hydrogen) atoms. The van der Waals surface area contributed by atoms with Crippen LogP contribution in [0.25, 0.3) is 0 Å². The lowest BCUT2D eigenvalue weighted by molar-refractivity contribution is -0.129. The van der Waals surface area contributed by atoms with Crippen LogP contribution in [0.2, 0.25) is 0 Å². The molecule has 0 radical (unpaired) electrons. The first-order valence-electron chi connectivity index (χ1n) is 12.5. The first-order valence-corrected chi connectivity index (χ1v) is 12.5. The number of hydrogen-bond donors (Lipinski definition) is 2. The number of piperazine rings is 1. The summed E-state index contributed by atoms with van der Waals surface area (Å²) >= 11 is 0. The largest absolute Gasteiger partial charge is 0.446 e. The van der Waals surface area contributed by atoms with Crippen LogP contribution in [0.3, 0.4) is 0 Å². The molecule has 1 aliphatic heterocycles. The number of rotatable bonds is 7. The molecule has 2 amide bonds. The van der Waals surface area contributed by atoms with Gasteiger partial charge in [0.25, 0.3) is 0 Å². The van der Waals surface area contributed by atoms with Crippen LogP contribution >= 0.6 is 0 Å². The molecule has 1 aromatic heterocycles. The van der Waals surface area contributed by atoms with Crippen molar-refractivity contribution in [1.29, 1.82) is 0 Å². The maximum absolute atomic E-state index is 13.4. The van der Waals surface area contributed by atoms with Crippen LogP contribution < -0.4 is 5.32 Å². The Labute approximate surface area is 207 Å². The predicted molar refractivity (Wildman–Crippen MR) is 132 cm³/mol. The van der Waals surface area contributed by atoms with E-state index in [1.54, 1.807) is 11.2 Å². The quantitative estimate of drug-likeness (QED) is 0.627. The van der Waals surface area contributed by atoms with E-state index < -0.39 is 17.7 Å². The number of carbonyl (C=O) groups excluding carboxylic acids is 2. The van der Waals surface area contributed by atoms with Gasteiger partial charge < -0.3 is 24.6 Å². The van der Waals surface area contributed by atoms with Gasteiger partial charge >= 0.3 is 6.09 Å². The minimum atomic E-state index is -1.35. The van der Waals surface area contributed by atoms with Crippen molar-refractivity contribution in [3.8, 4) is 0 Å². The molecule has 4 rings (SSSR count). The molecule has 190 valence electrons. The Balaban J connectivity index is 1.46. The standard InChI is InChI=1S/C26H37N5O4/c1-20-15-30(19-28-20)18-26(34,21-9-5-3-6-10-21)17-27-24(32)23-16-29(2)13-14-31(23)25(33)35-22-11-7-4-8-12-22/h3,5-6,9-10,15,19,22-23,34H,4,7-8,11-14,16-18H2,1-2H3,(H,27,32)/t23-,26?/m1/s1. The van der Waals surface area contributed by atoms with Gasteiger partial charge in [0.15, 0.2) is 0 Å². The zero-order valence-electron chi connectivity index (χ0n) is 20.7. The number of amides is 2. The number of carbonyl (C=O) groups is 2. The van der Waals surface area contributed by atoms with Gasteiger partial charge in [-0.1, -0.05) is 36.8 Å². The van der Waals surface area contributed by atoms with Crippen molar-refractivity contribution in [3.63, 3.8) is 0 Å². The first-order chi connectivity index (χ1) is 16.8. The second kappa shape index (κ2) is 11.2. The number of nitrogens with one attached hydrogen (secondary N) is 1. The van der Waals surface area contributed by atoms with Crippen LogP contribution in [0.1, 0.15) is 43.4 Å². The van der Waals surface area contributed by atoms with Crippen molar-refractivity contribution in [1.82, 2.24) is 24.7 Å². The van der Waals surface area contributed by atoms with Gasteiger partial charge in [-0.3, -0.25) is 9.69 Å². The lowest BCUT2D eigenvalue weighted by atomic mass is 9.93. The number of aliphatic hydroxyl groups is 1. The molecule has 9 heteroatoms. The topological polar surface area (TPSA) is 99.9 Å². The zero-order valence-corrected chi connectivity index (χ0v) is 20.7. The van der Waals surface area contributed by atoms with Gasteiger partial charge in [0.05, 0.1) is 25.1 Å². The number of imidazole rings is 1. The fourth-order valence-corrected chi connectivity index (χ4v) is 4.96. The van der Waals surface area contributed by atoms with E-state index in [-0.39, 0.29) is 25.1 Å². The minimum absolute atomic E-state index is 0.00119. The maximum Gasteiger partial charge on any atom is 0.410 e. The number of hydrogen-bond acceptors (Lipinski definition) is 6. The molecular weight excluding hydrogens is 446 g/mol. The summed E-state index contributed by atoms with van der Waals surface area (Å²) in [4.78, 5) is 34.2. The van der Waals surface area contributed by atoms with Crippen molar-refractivity contribution in [2.45, 2.75) is 63.3 Å². The third-order valence-electron chi connectivity index (χ3n) is 7.01. The Kier molecular flexibility index (Phi) is 8.07. The van der Waals surface area contributed by atoms with E-state index in [1.165, 1.54) is 6.42 Å². The van der Waals surface area contributed by atoms with Crippen molar-refractivity contribution in [3.05, 3.63) is 54.1 Å². The number of benzene rings is 1. The van der Waals surface area contributed by atoms with Crippen LogP contribution in [0.15, 0.2) is 42.9 Å². The minimum Gasteiger partial charge on any atom is -0.446 e. The number of aromatic nitrogens is 2. The van der Waals surface area contributed by atoms with E-state index in [4.69, 9.17) is 4.74 Å².